The zero-order valence-electron chi connectivity index (χ0n) is 19.6. The van der Waals surface area contributed by atoms with Crippen LogP contribution >= 0.6 is 11.6 Å². The number of nitrogens with zero attached hydrogens (tertiary/aromatic N) is 1. The van der Waals surface area contributed by atoms with Crippen molar-refractivity contribution in [2.45, 2.75) is 46.1 Å². The number of halogens is 1. The van der Waals surface area contributed by atoms with Gasteiger partial charge in [0.1, 0.15) is 6.04 Å². The highest BCUT2D eigenvalue weighted by Gasteiger charge is 2.40. The lowest BCUT2D eigenvalue weighted by atomic mass is 9.70. The Morgan fingerprint density at radius 2 is 1.73 bits per heavy atom. The van der Waals surface area contributed by atoms with Gasteiger partial charge in [-0.2, -0.15) is 0 Å². The summed E-state index contributed by atoms with van der Waals surface area (Å²) in [5.74, 6) is -0.889. The molecule has 2 atom stereocenters. The Morgan fingerprint density at radius 1 is 1.09 bits per heavy atom. The lowest BCUT2D eigenvalue weighted by Crippen LogP contribution is -2.55. The Labute approximate surface area is 200 Å². The number of benzene rings is 2. The maximum atomic E-state index is 13.5. The van der Waals surface area contributed by atoms with E-state index in [1.165, 1.54) is 11.6 Å². The molecule has 1 aliphatic rings. The average molecular weight is 470 g/mol. The monoisotopic (exact) mass is 469 g/mol. The minimum atomic E-state index is -0.669. The molecule has 176 valence electrons. The largest absolute Gasteiger partial charge is 0.366 e. The average Bonchev–Trinajstić information content (AvgIpc) is 2.76. The van der Waals surface area contributed by atoms with Gasteiger partial charge < -0.3 is 16.0 Å². The van der Waals surface area contributed by atoms with E-state index in [-0.39, 0.29) is 22.8 Å². The number of nitrogens with two attached hydrogens (primary N) is 1. The third-order valence-electron chi connectivity index (χ3n) is 6.44. The van der Waals surface area contributed by atoms with E-state index in [2.05, 4.69) is 31.3 Å². The second-order valence-electron chi connectivity index (χ2n) is 9.78. The van der Waals surface area contributed by atoms with Crippen LogP contribution in [0.15, 0.2) is 48.5 Å². The summed E-state index contributed by atoms with van der Waals surface area (Å²) in [7, 11) is 0. The molecular weight excluding hydrogens is 438 g/mol. The zero-order chi connectivity index (χ0) is 24.3. The molecule has 3 rings (SSSR count). The molecule has 1 saturated heterocycles. The number of rotatable bonds is 6. The molecule has 0 spiro atoms. The second kappa shape index (κ2) is 9.96. The summed E-state index contributed by atoms with van der Waals surface area (Å²) >= 11 is 6.05. The van der Waals surface area contributed by atoms with Crippen LogP contribution in [0.5, 0.6) is 0 Å². The van der Waals surface area contributed by atoms with E-state index < -0.39 is 17.9 Å². The van der Waals surface area contributed by atoms with Gasteiger partial charge in [0.25, 0.3) is 5.91 Å². The standard InChI is InChI=1S/C26H32ClN3O3/c1-16(2)22(29-24(32)19-7-5-6-18(14-19)23(28)31)25(33)30-13-12-21(26(3,4)15-30)17-8-10-20(27)11-9-17/h5-11,14,16,21-22H,12-13,15H2,1-4H3,(H2,28,31)(H,29,32). The summed E-state index contributed by atoms with van der Waals surface area (Å²) < 4.78 is 0. The highest BCUT2D eigenvalue weighted by Crippen LogP contribution is 2.42. The molecule has 6 nitrogen and oxygen atoms in total. The molecule has 0 aliphatic carbocycles. The van der Waals surface area contributed by atoms with Crippen molar-refractivity contribution < 1.29 is 14.4 Å². The molecule has 1 heterocycles. The van der Waals surface area contributed by atoms with Gasteiger partial charge in [-0.3, -0.25) is 14.4 Å². The summed E-state index contributed by atoms with van der Waals surface area (Å²) in [6.07, 6.45) is 0.833. The molecule has 2 unspecified atom stereocenters. The molecule has 0 radical (unpaired) electrons. The summed E-state index contributed by atoms with van der Waals surface area (Å²) in [5, 5.41) is 3.58. The summed E-state index contributed by atoms with van der Waals surface area (Å²) in [6.45, 7) is 9.37. The molecule has 3 N–H and O–H groups in total. The van der Waals surface area contributed by atoms with Gasteiger partial charge in [-0.15, -0.1) is 0 Å². The molecule has 0 bridgehead atoms. The van der Waals surface area contributed by atoms with E-state index in [9.17, 15) is 14.4 Å². The second-order valence-corrected chi connectivity index (χ2v) is 10.2. The third-order valence-corrected chi connectivity index (χ3v) is 6.69. The molecule has 2 aromatic carbocycles. The first kappa shape index (κ1) is 24.8. The Kier molecular flexibility index (Phi) is 7.48. The SMILES string of the molecule is CC(C)C(NC(=O)c1cccc(C(N)=O)c1)C(=O)N1CCC(c2ccc(Cl)cc2)C(C)(C)C1. The van der Waals surface area contributed by atoms with Crippen molar-refractivity contribution in [2.75, 3.05) is 13.1 Å². The highest BCUT2D eigenvalue weighted by molar-refractivity contribution is 6.30. The van der Waals surface area contributed by atoms with Crippen molar-refractivity contribution in [1.29, 1.82) is 0 Å². The van der Waals surface area contributed by atoms with Gasteiger partial charge in [0.05, 0.1) is 0 Å². The molecular formula is C26H32ClN3O3. The normalized spacial score (nSPS) is 18.6. The molecule has 0 saturated carbocycles. The van der Waals surface area contributed by atoms with Gasteiger partial charge in [0, 0.05) is 29.2 Å². The number of amides is 3. The molecule has 2 aromatic rings. The number of hydrogen-bond acceptors (Lipinski definition) is 3. The van der Waals surface area contributed by atoms with Gasteiger partial charge >= 0.3 is 0 Å². The summed E-state index contributed by atoms with van der Waals surface area (Å²) in [4.78, 5) is 39.7. The van der Waals surface area contributed by atoms with Gasteiger partial charge in [0.2, 0.25) is 11.8 Å². The Morgan fingerprint density at radius 3 is 2.30 bits per heavy atom. The van der Waals surface area contributed by atoms with E-state index in [0.717, 1.165) is 6.42 Å². The van der Waals surface area contributed by atoms with Gasteiger partial charge in [0.15, 0.2) is 0 Å². The van der Waals surface area contributed by atoms with Crippen LogP contribution in [0.1, 0.15) is 66.3 Å². The Bertz CT molecular complexity index is 1030. The maximum Gasteiger partial charge on any atom is 0.251 e. The maximum absolute atomic E-state index is 13.5. The van der Waals surface area contributed by atoms with Crippen molar-refractivity contribution in [2.24, 2.45) is 17.1 Å². The first-order valence-electron chi connectivity index (χ1n) is 11.2. The van der Waals surface area contributed by atoms with Crippen molar-refractivity contribution in [3.05, 3.63) is 70.2 Å². The number of hydrogen-bond donors (Lipinski definition) is 2. The van der Waals surface area contributed by atoms with Crippen LogP contribution in [-0.2, 0) is 4.79 Å². The lowest BCUT2D eigenvalue weighted by molar-refractivity contribution is -0.137. The number of carbonyl (C=O) groups excluding carboxylic acids is 3. The predicted molar refractivity (Wildman–Crippen MR) is 130 cm³/mol. The predicted octanol–water partition coefficient (Wildman–Crippen LogP) is 4.24. The third kappa shape index (κ3) is 5.74. The van der Waals surface area contributed by atoms with Crippen LogP contribution in [-0.4, -0.2) is 41.8 Å². The van der Waals surface area contributed by atoms with Crippen LogP contribution in [0.25, 0.3) is 0 Å². The summed E-state index contributed by atoms with van der Waals surface area (Å²) in [6, 6.07) is 13.5. The molecule has 1 fully saturated rings. The first-order valence-corrected chi connectivity index (χ1v) is 11.6. The smallest absolute Gasteiger partial charge is 0.251 e. The van der Waals surface area contributed by atoms with Crippen molar-refractivity contribution >= 4 is 29.3 Å². The Hall–Kier alpha value is -2.86. The number of nitrogens with one attached hydrogen (secondary N) is 1. The van der Waals surface area contributed by atoms with Crippen molar-refractivity contribution in [1.82, 2.24) is 10.2 Å². The topological polar surface area (TPSA) is 92.5 Å². The number of primary amides is 1. The fourth-order valence-corrected chi connectivity index (χ4v) is 4.73. The number of likely N-dealkylation sites (tertiary alicyclic amines) is 1. The number of piperidine rings is 1. The fourth-order valence-electron chi connectivity index (χ4n) is 4.61. The molecule has 1 aliphatic heterocycles. The van der Waals surface area contributed by atoms with Gasteiger partial charge in [-0.1, -0.05) is 57.5 Å². The zero-order valence-corrected chi connectivity index (χ0v) is 20.4. The van der Waals surface area contributed by atoms with E-state index in [0.29, 0.717) is 29.6 Å². The summed E-state index contributed by atoms with van der Waals surface area (Å²) in [5.41, 5.74) is 6.96. The Balaban J connectivity index is 1.73. The minimum absolute atomic E-state index is 0.0907. The van der Waals surface area contributed by atoms with Gasteiger partial charge in [-0.25, -0.2) is 0 Å². The van der Waals surface area contributed by atoms with E-state index in [4.69, 9.17) is 17.3 Å². The van der Waals surface area contributed by atoms with E-state index in [1.54, 1.807) is 18.2 Å². The fraction of sp³-hybridized carbons (Fsp3) is 0.423. The van der Waals surface area contributed by atoms with Crippen LogP contribution in [0.3, 0.4) is 0 Å². The molecule has 7 heteroatoms. The van der Waals surface area contributed by atoms with Crippen LogP contribution < -0.4 is 11.1 Å². The minimum Gasteiger partial charge on any atom is -0.366 e. The van der Waals surface area contributed by atoms with Crippen LogP contribution in [0, 0.1) is 11.3 Å². The van der Waals surface area contributed by atoms with Crippen molar-refractivity contribution in [3.63, 3.8) is 0 Å². The van der Waals surface area contributed by atoms with Gasteiger partial charge in [-0.05, 0) is 59.6 Å². The quantitative estimate of drug-likeness (QED) is 0.662. The van der Waals surface area contributed by atoms with Crippen LogP contribution in [0.4, 0.5) is 0 Å². The first-order chi connectivity index (χ1) is 15.5. The number of carbonyl (C=O) groups is 3. The highest BCUT2D eigenvalue weighted by atomic mass is 35.5. The lowest BCUT2D eigenvalue weighted by Gasteiger charge is -2.45. The molecule has 3 amide bonds. The molecule has 33 heavy (non-hydrogen) atoms. The van der Waals surface area contributed by atoms with Crippen LogP contribution in [0.2, 0.25) is 5.02 Å². The van der Waals surface area contributed by atoms with E-state index >= 15 is 0 Å². The van der Waals surface area contributed by atoms with E-state index in [1.807, 2.05) is 30.9 Å². The van der Waals surface area contributed by atoms with Crippen molar-refractivity contribution in [3.8, 4) is 0 Å². The molecule has 0 aromatic heterocycles.